The van der Waals surface area contributed by atoms with Crippen molar-refractivity contribution >= 4 is 5.91 Å². The first-order valence-electron chi connectivity index (χ1n) is 6.38. The van der Waals surface area contributed by atoms with Crippen molar-refractivity contribution in [2.45, 2.75) is 38.1 Å². The van der Waals surface area contributed by atoms with Crippen molar-refractivity contribution in [2.75, 3.05) is 6.54 Å². The Balaban J connectivity index is 2.13. The summed E-state index contributed by atoms with van der Waals surface area (Å²) in [5.41, 5.74) is 6.84. The molecule has 4 N–H and O–H groups in total. The topological polar surface area (TPSA) is 75.4 Å². The molecule has 1 amide bonds. The molecule has 1 fully saturated rings. The minimum absolute atomic E-state index is 0.106. The van der Waals surface area contributed by atoms with E-state index in [2.05, 4.69) is 5.32 Å². The Morgan fingerprint density at radius 3 is 2.67 bits per heavy atom. The lowest BCUT2D eigenvalue weighted by atomic mass is 9.97. The largest absolute Gasteiger partial charge is 0.508 e. The average molecular weight is 248 g/mol. The highest BCUT2D eigenvalue weighted by molar-refractivity contribution is 5.95. The van der Waals surface area contributed by atoms with E-state index < -0.39 is 0 Å². The van der Waals surface area contributed by atoms with Crippen molar-refractivity contribution in [1.82, 2.24) is 5.32 Å². The van der Waals surface area contributed by atoms with Crippen molar-refractivity contribution < 1.29 is 9.90 Å². The summed E-state index contributed by atoms with van der Waals surface area (Å²) in [5.74, 6) is 0.103. The number of rotatable bonds is 3. The Morgan fingerprint density at radius 1 is 1.44 bits per heavy atom. The van der Waals surface area contributed by atoms with Crippen LogP contribution in [0.1, 0.15) is 41.6 Å². The van der Waals surface area contributed by atoms with Crippen molar-refractivity contribution in [3.8, 4) is 5.75 Å². The fourth-order valence-electron chi connectivity index (χ4n) is 2.54. The number of carbonyl (C=O) groups is 1. The molecule has 4 nitrogen and oxygen atoms in total. The summed E-state index contributed by atoms with van der Waals surface area (Å²) in [4.78, 5) is 12.2. The third-order valence-corrected chi connectivity index (χ3v) is 3.79. The summed E-state index contributed by atoms with van der Waals surface area (Å²) in [5, 5.41) is 12.5. The van der Waals surface area contributed by atoms with E-state index in [0.29, 0.717) is 17.7 Å². The third-order valence-electron chi connectivity index (χ3n) is 3.79. The average Bonchev–Trinajstić information content (AvgIpc) is 2.82. The molecular weight excluding hydrogens is 228 g/mol. The number of aryl methyl sites for hydroxylation is 1. The van der Waals surface area contributed by atoms with Crippen LogP contribution in [0.5, 0.6) is 5.75 Å². The molecule has 2 rings (SSSR count). The minimum atomic E-state index is -0.233. The number of benzene rings is 1. The maximum Gasteiger partial charge on any atom is 0.251 e. The summed E-state index contributed by atoms with van der Waals surface area (Å²) in [6.07, 6.45) is 4.14. The molecule has 1 aromatic carbocycles. The van der Waals surface area contributed by atoms with E-state index in [0.717, 1.165) is 25.7 Å². The van der Waals surface area contributed by atoms with E-state index in [-0.39, 0.29) is 17.2 Å². The number of hydrogen-bond acceptors (Lipinski definition) is 3. The molecule has 0 bridgehead atoms. The van der Waals surface area contributed by atoms with Gasteiger partial charge in [0, 0.05) is 12.1 Å². The molecule has 18 heavy (non-hydrogen) atoms. The number of nitrogens with one attached hydrogen (secondary N) is 1. The van der Waals surface area contributed by atoms with Crippen LogP contribution in [0.4, 0.5) is 0 Å². The summed E-state index contributed by atoms with van der Waals surface area (Å²) in [6.45, 7) is 2.26. The number of aromatic hydroxyl groups is 1. The molecule has 0 atom stereocenters. The van der Waals surface area contributed by atoms with Crippen LogP contribution in [-0.2, 0) is 0 Å². The maximum atomic E-state index is 12.2. The van der Waals surface area contributed by atoms with Crippen LogP contribution >= 0.6 is 0 Å². The molecule has 1 aliphatic carbocycles. The Kier molecular flexibility index (Phi) is 3.57. The summed E-state index contributed by atoms with van der Waals surface area (Å²) < 4.78 is 0. The van der Waals surface area contributed by atoms with E-state index in [1.54, 1.807) is 25.1 Å². The van der Waals surface area contributed by atoms with Crippen LogP contribution in [0.3, 0.4) is 0 Å². The second-order valence-corrected chi connectivity index (χ2v) is 5.15. The van der Waals surface area contributed by atoms with E-state index in [9.17, 15) is 9.90 Å². The molecule has 0 radical (unpaired) electrons. The Morgan fingerprint density at radius 2 is 2.11 bits per heavy atom. The number of hydrogen-bond donors (Lipinski definition) is 3. The smallest absolute Gasteiger partial charge is 0.251 e. The highest BCUT2D eigenvalue weighted by Gasteiger charge is 2.34. The van der Waals surface area contributed by atoms with Crippen LogP contribution in [0, 0.1) is 6.92 Å². The first kappa shape index (κ1) is 12.9. The van der Waals surface area contributed by atoms with E-state index in [4.69, 9.17) is 5.73 Å². The predicted molar refractivity (Wildman–Crippen MR) is 70.6 cm³/mol. The van der Waals surface area contributed by atoms with Gasteiger partial charge >= 0.3 is 0 Å². The minimum Gasteiger partial charge on any atom is -0.508 e. The van der Waals surface area contributed by atoms with Gasteiger partial charge in [-0.2, -0.15) is 0 Å². The molecule has 0 saturated heterocycles. The molecule has 0 heterocycles. The standard InChI is InChI=1S/C14H20N2O2/c1-10-8-11(4-5-12(10)17)13(18)16-14(9-15)6-2-3-7-14/h4-5,8,17H,2-3,6-7,9,15H2,1H3,(H,16,18). The fourth-order valence-corrected chi connectivity index (χ4v) is 2.54. The number of phenols is 1. The van der Waals surface area contributed by atoms with Gasteiger partial charge in [0.05, 0.1) is 5.54 Å². The SMILES string of the molecule is Cc1cc(C(=O)NC2(CN)CCCC2)ccc1O. The van der Waals surface area contributed by atoms with Gasteiger partial charge in [-0.1, -0.05) is 12.8 Å². The molecule has 0 unspecified atom stereocenters. The van der Waals surface area contributed by atoms with Crippen LogP contribution in [0.15, 0.2) is 18.2 Å². The van der Waals surface area contributed by atoms with Crippen LogP contribution in [-0.4, -0.2) is 23.1 Å². The number of amides is 1. The fraction of sp³-hybridized carbons (Fsp3) is 0.500. The summed E-state index contributed by atoms with van der Waals surface area (Å²) in [6, 6.07) is 4.88. The first-order valence-corrected chi connectivity index (χ1v) is 6.38. The molecule has 0 spiro atoms. The van der Waals surface area contributed by atoms with E-state index >= 15 is 0 Å². The lowest BCUT2D eigenvalue weighted by Gasteiger charge is -2.28. The highest BCUT2D eigenvalue weighted by Crippen LogP contribution is 2.29. The van der Waals surface area contributed by atoms with Gasteiger partial charge in [0.25, 0.3) is 5.91 Å². The van der Waals surface area contributed by atoms with E-state index in [1.165, 1.54) is 0 Å². The Bertz CT molecular complexity index is 451. The number of phenolic OH excluding ortho intramolecular Hbond substituents is 1. The van der Waals surface area contributed by atoms with Gasteiger partial charge in [-0.3, -0.25) is 4.79 Å². The maximum absolute atomic E-state index is 12.2. The molecule has 1 saturated carbocycles. The second kappa shape index (κ2) is 4.98. The van der Waals surface area contributed by atoms with Gasteiger partial charge in [-0.05, 0) is 43.5 Å². The van der Waals surface area contributed by atoms with Crippen molar-refractivity contribution in [3.63, 3.8) is 0 Å². The highest BCUT2D eigenvalue weighted by atomic mass is 16.3. The molecule has 0 aliphatic heterocycles. The van der Waals surface area contributed by atoms with Crippen molar-refractivity contribution in [1.29, 1.82) is 0 Å². The van der Waals surface area contributed by atoms with Gasteiger partial charge in [-0.15, -0.1) is 0 Å². The molecule has 1 aromatic rings. The van der Waals surface area contributed by atoms with Crippen molar-refractivity contribution in [3.05, 3.63) is 29.3 Å². The summed E-state index contributed by atoms with van der Waals surface area (Å²) in [7, 11) is 0. The lowest BCUT2D eigenvalue weighted by Crippen LogP contribution is -2.51. The monoisotopic (exact) mass is 248 g/mol. The Hall–Kier alpha value is -1.55. The van der Waals surface area contributed by atoms with Crippen LogP contribution < -0.4 is 11.1 Å². The van der Waals surface area contributed by atoms with Crippen molar-refractivity contribution in [2.24, 2.45) is 5.73 Å². The van der Waals surface area contributed by atoms with Gasteiger partial charge in [0.2, 0.25) is 0 Å². The zero-order chi connectivity index (χ0) is 13.2. The van der Waals surface area contributed by atoms with Gasteiger partial charge in [-0.25, -0.2) is 0 Å². The molecule has 4 heteroatoms. The van der Waals surface area contributed by atoms with Gasteiger partial charge < -0.3 is 16.2 Å². The van der Waals surface area contributed by atoms with Gasteiger partial charge in [0.1, 0.15) is 5.75 Å². The quantitative estimate of drug-likeness (QED) is 0.762. The zero-order valence-corrected chi connectivity index (χ0v) is 10.7. The zero-order valence-electron chi connectivity index (χ0n) is 10.7. The van der Waals surface area contributed by atoms with Crippen LogP contribution in [0.2, 0.25) is 0 Å². The number of carbonyl (C=O) groups excluding carboxylic acids is 1. The number of nitrogens with two attached hydrogens (primary N) is 1. The van der Waals surface area contributed by atoms with Gasteiger partial charge in [0.15, 0.2) is 0 Å². The molecule has 98 valence electrons. The second-order valence-electron chi connectivity index (χ2n) is 5.15. The van der Waals surface area contributed by atoms with Crippen LogP contribution in [0.25, 0.3) is 0 Å². The third kappa shape index (κ3) is 2.48. The first-order chi connectivity index (χ1) is 8.56. The normalized spacial score (nSPS) is 17.7. The molecule has 0 aromatic heterocycles. The summed E-state index contributed by atoms with van der Waals surface area (Å²) >= 11 is 0. The molecular formula is C14H20N2O2. The molecule has 1 aliphatic rings. The lowest BCUT2D eigenvalue weighted by molar-refractivity contribution is 0.0903. The van der Waals surface area contributed by atoms with E-state index in [1.807, 2.05) is 0 Å². The predicted octanol–water partition coefficient (Wildman–Crippen LogP) is 1.70. The Labute approximate surface area is 107 Å².